The van der Waals surface area contributed by atoms with E-state index in [4.69, 9.17) is 0 Å². The third-order valence-corrected chi connectivity index (χ3v) is 5.37. The van der Waals surface area contributed by atoms with Crippen LogP contribution in [0.3, 0.4) is 0 Å². The van der Waals surface area contributed by atoms with Crippen LogP contribution in [-0.4, -0.2) is 54.2 Å². The number of nitrogens with one attached hydrogen (secondary N) is 1. The van der Waals surface area contributed by atoms with E-state index in [1.807, 2.05) is 12.1 Å². The molecule has 0 aliphatic carbocycles. The van der Waals surface area contributed by atoms with E-state index in [2.05, 4.69) is 15.1 Å². The van der Waals surface area contributed by atoms with E-state index < -0.39 is 10.0 Å². The molecule has 8 heteroatoms. The molecule has 112 valence electrons. The molecule has 1 aliphatic rings. The number of sulfonamides is 1. The van der Waals surface area contributed by atoms with Crippen LogP contribution in [0.25, 0.3) is 0 Å². The largest absolute Gasteiger partial charge is 0.508 e. The number of hydrogen-bond acceptors (Lipinski definition) is 5. The van der Waals surface area contributed by atoms with Gasteiger partial charge in [-0.3, -0.25) is 5.10 Å². The fraction of sp³-hybridized carbons (Fsp3) is 0.308. The molecule has 0 unspecified atom stereocenters. The average Bonchev–Trinajstić information content (AvgIpc) is 3.03. The number of phenolic OH excluding ortho intramolecular Hbond substituents is 1. The van der Waals surface area contributed by atoms with Gasteiger partial charge in [-0.05, 0) is 30.3 Å². The van der Waals surface area contributed by atoms with Crippen LogP contribution in [0, 0.1) is 0 Å². The van der Waals surface area contributed by atoms with Gasteiger partial charge in [0.1, 0.15) is 5.75 Å². The van der Waals surface area contributed by atoms with Crippen molar-refractivity contribution in [1.29, 1.82) is 0 Å². The van der Waals surface area contributed by atoms with E-state index in [0.29, 0.717) is 26.2 Å². The second-order valence-corrected chi connectivity index (χ2v) is 6.73. The number of hydrogen-bond donors (Lipinski definition) is 2. The summed E-state index contributed by atoms with van der Waals surface area (Å²) >= 11 is 0. The van der Waals surface area contributed by atoms with Gasteiger partial charge >= 0.3 is 0 Å². The summed E-state index contributed by atoms with van der Waals surface area (Å²) in [6.07, 6.45) is 1.43. The van der Waals surface area contributed by atoms with Crippen LogP contribution >= 0.6 is 0 Å². The smallest absolute Gasteiger partial charge is 0.260 e. The minimum Gasteiger partial charge on any atom is -0.508 e. The molecule has 2 aromatic rings. The lowest BCUT2D eigenvalue weighted by Crippen LogP contribution is -2.48. The molecular formula is C13H16N4O3S. The lowest BCUT2D eigenvalue weighted by atomic mass is 10.2. The van der Waals surface area contributed by atoms with E-state index >= 15 is 0 Å². The molecule has 0 atom stereocenters. The summed E-state index contributed by atoms with van der Waals surface area (Å²) in [6.45, 7) is 2.06. The van der Waals surface area contributed by atoms with Gasteiger partial charge in [-0.2, -0.15) is 9.40 Å². The summed E-state index contributed by atoms with van der Waals surface area (Å²) in [5.41, 5.74) is 0.978. The van der Waals surface area contributed by atoms with Crippen molar-refractivity contribution in [3.63, 3.8) is 0 Å². The van der Waals surface area contributed by atoms with Crippen molar-refractivity contribution in [1.82, 2.24) is 14.5 Å². The molecule has 1 aromatic heterocycles. The number of aromatic amines is 1. The first-order chi connectivity index (χ1) is 10.1. The Labute approximate surface area is 122 Å². The number of aromatic hydroxyl groups is 1. The van der Waals surface area contributed by atoms with Crippen molar-refractivity contribution in [2.45, 2.75) is 5.03 Å². The Morgan fingerprint density at radius 1 is 1.05 bits per heavy atom. The van der Waals surface area contributed by atoms with Crippen molar-refractivity contribution in [2.24, 2.45) is 0 Å². The standard InChI is InChI=1S/C13H16N4O3S/c18-12-3-1-11(2-4-12)16-7-9-17(10-8-16)21(19,20)13-5-6-14-15-13/h1-6,18H,7-10H2,(H,14,15). The second kappa shape index (κ2) is 5.38. The number of H-pyrrole nitrogens is 1. The minimum absolute atomic E-state index is 0.126. The molecule has 3 rings (SSSR count). The summed E-state index contributed by atoms with van der Waals surface area (Å²) in [4.78, 5) is 2.10. The minimum atomic E-state index is -3.48. The van der Waals surface area contributed by atoms with Gasteiger partial charge in [0, 0.05) is 31.9 Å². The van der Waals surface area contributed by atoms with Crippen LogP contribution < -0.4 is 4.90 Å². The molecule has 1 fully saturated rings. The zero-order valence-corrected chi connectivity index (χ0v) is 12.1. The zero-order chi connectivity index (χ0) is 14.9. The lowest BCUT2D eigenvalue weighted by Gasteiger charge is -2.35. The van der Waals surface area contributed by atoms with E-state index in [-0.39, 0.29) is 10.8 Å². The number of piperazine rings is 1. The Bertz CT molecular complexity index is 690. The third kappa shape index (κ3) is 2.72. The highest BCUT2D eigenvalue weighted by atomic mass is 32.2. The van der Waals surface area contributed by atoms with Gasteiger partial charge in [0.15, 0.2) is 5.03 Å². The molecule has 2 N–H and O–H groups in total. The molecule has 7 nitrogen and oxygen atoms in total. The van der Waals surface area contributed by atoms with Crippen LogP contribution in [0.2, 0.25) is 0 Å². The number of nitrogens with zero attached hydrogens (tertiary/aromatic N) is 3. The number of aromatic nitrogens is 2. The van der Waals surface area contributed by atoms with Crippen molar-refractivity contribution < 1.29 is 13.5 Å². The van der Waals surface area contributed by atoms with E-state index in [0.717, 1.165) is 5.69 Å². The molecule has 0 amide bonds. The van der Waals surface area contributed by atoms with Gasteiger partial charge in [0.05, 0.1) is 6.20 Å². The zero-order valence-electron chi connectivity index (χ0n) is 11.3. The summed E-state index contributed by atoms with van der Waals surface area (Å²) < 4.78 is 26.1. The van der Waals surface area contributed by atoms with Crippen molar-refractivity contribution in [3.8, 4) is 5.75 Å². The highest BCUT2D eigenvalue weighted by Crippen LogP contribution is 2.21. The predicted octanol–water partition coefficient (Wildman–Crippen LogP) is 0.626. The first-order valence-corrected chi connectivity index (χ1v) is 8.05. The molecule has 0 bridgehead atoms. The summed E-state index contributed by atoms with van der Waals surface area (Å²) in [7, 11) is -3.48. The van der Waals surface area contributed by atoms with Gasteiger partial charge in [0.25, 0.3) is 10.0 Å². The SMILES string of the molecule is O=S(=O)(c1ccn[nH]1)N1CCN(c2ccc(O)cc2)CC1. The van der Waals surface area contributed by atoms with Crippen LogP contribution in [0.4, 0.5) is 5.69 Å². The Hall–Kier alpha value is -2.06. The van der Waals surface area contributed by atoms with Crippen LogP contribution in [0.5, 0.6) is 5.75 Å². The molecule has 21 heavy (non-hydrogen) atoms. The van der Waals surface area contributed by atoms with Crippen LogP contribution in [0.1, 0.15) is 0 Å². The first-order valence-electron chi connectivity index (χ1n) is 6.61. The average molecular weight is 308 g/mol. The number of benzene rings is 1. The monoisotopic (exact) mass is 308 g/mol. The van der Waals surface area contributed by atoms with E-state index in [1.165, 1.54) is 16.6 Å². The van der Waals surface area contributed by atoms with Gasteiger partial charge in [-0.25, -0.2) is 8.42 Å². The van der Waals surface area contributed by atoms with E-state index in [1.54, 1.807) is 12.1 Å². The fourth-order valence-corrected chi connectivity index (χ4v) is 3.70. The summed E-state index contributed by atoms with van der Waals surface area (Å²) in [5, 5.41) is 15.6. The van der Waals surface area contributed by atoms with E-state index in [9.17, 15) is 13.5 Å². The molecule has 1 aromatic carbocycles. The summed E-state index contributed by atoms with van der Waals surface area (Å²) in [6, 6.07) is 8.37. The molecule has 1 aliphatic heterocycles. The van der Waals surface area contributed by atoms with Gasteiger partial charge < -0.3 is 10.0 Å². The Kier molecular flexibility index (Phi) is 3.56. The number of rotatable bonds is 3. The first kappa shape index (κ1) is 13.9. The molecule has 0 spiro atoms. The molecular weight excluding hydrogens is 292 g/mol. The number of anilines is 1. The molecule has 1 saturated heterocycles. The van der Waals surface area contributed by atoms with Crippen LogP contribution in [-0.2, 0) is 10.0 Å². The highest BCUT2D eigenvalue weighted by molar-refractivity contribution is 7.89. The van der Waals surface area contributed by atoms with Gasteiger partial charge in [-0.1, -0.05) is 0 Å². The molecule has 0 saturated carbocycles. The van der Waals surface area contributed by atoms with Crippen molar-refractivity contribution in [3.05, 3.63) is 36.5 Å². The second-order valence-electron chi connectivity index (χ2n) is 4.83. The number of phenols is 1. The maximum Gasteiger partial charge on any atom is 0.260 e. The van der Waals surface area contributed by atoms with Gasteiger partial charge in [0.2, 0.25) is 0 Å². The Morgan fingerprint density at radius 3 is 2.29 bits per heavy atom. The van der Waals surface area contributed by atoms with Crippen LogP contribution in [0.15, 0.2) is 41.6 Å². The fourth-order valence-electron chi connectivity index (χ4n) is 2.38. The quantitative estimate of drug-likeness (QED) is 0.868. The van der Waals surface area contributed by atoms with Gasteiger partial charge in [-0.15, -0.1) is 0 Å². The maximum absolute atomic E-state index is 12.3. The maximum atomic E-state index is 12.3. The Balaban J connectivity index is 1.69. The van der Waals surface area contributed by atoms with Crippen molar-refractivity contribution >= 4 is 15.7 Å². The summed E-state index contributed by atoms with van der Waals surface area (Å²) in [5.74, 6) is 0.221. The predicted molar refractivity (Wildman–Crippen MR) is 77.7 cm³/mol. The topological polar surface area (TPSA) is 89.5 Å². The Morgan fingerprint density at radius 2 is 1.71 bits per heavy atom. The lowest BCUT2D eigenvalue weighted by molar-refractivity contribution is 0.383. The van der Waals surface area contributed by atoms with Crippen molar-refractivity contribution in [2.75, 3.05) is 31.1 Å². The molecule has 0 radical (unpaired) electrons. The molecule has 2 heterocycles. The normalized spacial score (nSPS) is 17.0. The third-order valence-electron chi connectivity index (χ3n) is 3.55. The highest BCUT2D eigenvalue weighted by Gasteiger charge is 2.29.